The summed E-state index contributed by atoms with van der Waals surface area (Å²) in [6.45, 7) is 0.895. The van der Waals surface area contributed by atoms with Gasteiger partial charge >= 0.3 is 0 Å². The van der Waals surface area contributed by atoms with E-state index in [1.165, 1.54) is 44.9 Å². The van der Waals surface area contributed by atoms with Gasteiger partial charge in [0.15, 0.2) is 0 Å². The van der Waals surface area contributed by atoms with E-state index in [0.29, 0.717) is 18.9 Å². The largest absolute Gasteiger partial charge is 0.396 e. The fourth-order valence-corrected chi connectivity index (χ4v) is 3.53. The number of carbonyl (C=O) groups is 1. The Hall–Kier alpha value is -0.570. The summed E-state index contributed by atoms with van der Waals surface area (Å²) in [5.74, 6) is 0.800. The molecule has 0 saturated heterocycles. The number of amides is 1. The molecule has 0 aromatic rings. The molecule has 2 aliphatic carbocycles. The Balaban J connectivity index is 1.70. The first-order valence-corrected chi connectivity index (χ1v) is 7.62. The number of nitrogens with one attached hydrogen (secondary N) is 1. The van der Waals surface area contributed by atoms with Crippen LogP contribution in [-0.4, -0.2) is 24.2 Å². The zero-order valence-electron chi connectivity index (χ0n) is 11.4. The lowest BCUT2D eigenvalue weighted by Gasteiger charge is -2.27. The van der Waals surface area contributed by atoms with Gasteiger partial charge in [-0.3, -0.25) is 4.79 Å². The molecule has 2 aliphatic rings. The summed E-state index contributed by atoms with van der Waals surface area (Å²) in [6.07, 6.45) is 11.6. The molecule has 2 rings (SSSR count). The molecular weight excluding hydrogens is 226 g/mol. The predicted octanol–water partition coefficient (Wildman–Crippen LogP) is 2.63. The van der Waals surface area contributed by atoms with E-state index in [2.05, 4.69) is 5.32 Å². The van der Waals surface area contributed by atoms with Crippen LogP contribution in [0.2, 0.25) is 0 Å². The summed E-state index contributed by atoms with van der Waals surface area (Å²) < 4.78 is 0. The maximum Gasteiger partial charge on any atom is 0.220 e. The number of carbonyl (C=O) groups excluding carboxylic acids is 1. The van der Waals surface area contributed by atoms with Gasteiger partial charge in [0.25, 0.3) is 0 Å². The summed E-state index contributed by atoms with van der Waals surface area (Å²) in [5.41, 5.74) is -0.0117. The molecule has 2 fully saturated rings. The second kappa shape index (κ2) is 6.55. The Morgan fingerprint density at radius 1 is 1.11 bits per heavy atom. The molecule has 0 spiro atoms. The van der Waals surface area contributed by atoms with Crippen molar-refractivity contribution in [2.75, 3.05) is 13.2 Å². The fourth-order valence-electron chi connectivity index (χ4n) is 3.53. The van der Waals surface area contributed by atoms with E-state index in [1.54, 1.807) is 0 Å². The van der Waals surface area contributed by atoms with E-state index in [0.717, 1.165) is 12.8 Å². The summed E-state index contributed by atoms with van der Waals surface area (Å²) in [6, 6.07) is 0. The first kappa shape index (κ1) is 13.9. The molecule has 2 saturated carbocycles. The highest BCUT2D eigenvalue weighted by atomic mass is 16.3. The molecule has 1 amide bonds. The second-order valence-corrected chi connectivity index (χ2v) is 6.35. The van der Waals surface area contributed by atoms with Crippen LogP contribution >= 0.6 is 0 Å². The molecule has 0 unspecified atom stereocenters. The highest BCUT2D eigenvalue weighted by Gasteiger charge is 2.33. The van der Waals surface area contributed by atoms with Crippen LogP contribution in [0.15, 0.2) is 0 Å². The minimum absolute atomic E-state index is 0.0117. The Morgan fingerprint density at radius 2 is 1.78 bits per heavy atom. The zero-order chi connectivity index (χ0) is 12.8. The third-order valence-electron chi connectivity index (χ3n) is 4.86. The summed E-state index contributed by atoms with van der Waals surface area (Å²) in [5, 5.41) is 12.6. The minimum atomic E-state index is -0.0117. The first-order chi connectivity index (χ1) is 8.74. The van der Waals surface area contributed by atoms with Gasteiger partial charge in [-0.25, -0.2) is 0 Å². The van der Waals surface area contributed by atoms with Crippen LogP contribution in [0, 0.1) is 11.3 Å². The molecule has 0 radical (unpaired) electrons. The van der Waals surface area contributed by atoms with Crippen LogP contribution in [0.1, 0.15) is 64.2 Å². The maximum absolute atomic E-state index is 11.9. The average Bonchev–Trinajstić information content (AvgIpc) is 2.87. The summed E-state index contributed by atoms with van der Waals surface area (Å²) >= 11 is 0. The van der Waals surface area contributed by atoms with Crippen LogP contribution in [0.25, 0.3) is 0 Å². The predicted molar refractivity (Wildman–Crippen MR) is 72.2 cm³/mol. The van der Waals surface area contributed by atoms with Gasteiger partial charge in [-0.1, -0.05) is 32.1 Å². The lowest BCUT2D eigenvalue weighted by Crippen LogP contribution is -2.38. The van der Waals surface area contributed by atoms with Crippen LogP contribution < -0.4 is 5.32 Å². The van der Waals surface area contributed by atoms with Gasteiger partial charge in [0.05, 0.1) is 6.61 Å². The monoisotopic (exact) mass is 253 g/mol. The van der Waals surface area contributed by atoms with Gasteiger partial charge in [-0.2, -0.15) is 0 Å². The average molecular weight is 253 g/mol. The van der Waals surface area contributed by atoms with E-state index in [1.807, 2.05) is 0 Å². The van der Waals surface area contributed by atoms with Gasteiger partial charge in [-0.15, -0.1) is 0 Å². The third kappa shape index (κ3) is 3.71. The molecule has 104 valence electrons. The lowest BCUT2D eigenvalue weighted by molar-refractivity contribution is -0.122. The summed E-state index contributed by atoms with van der Waals surface area (Å²) in [4.78, 5) is 11.9. The van der Waals surface area contributed by atoms with Crippen LogP contribution in [-0.2, 0) is 4.79 Å². The number of hydrogen-bond donors (Lipinski definition) is 2. The maximum atomic E-state index is 11.9. The molecule has 0 heterocycles. The molecule has 18 heavy (non-hydrogen) atoms. The van der Waals surface area contributed by atoms with Crippen molar-refractivity contribution in [3.63, 3.8) is 0 Å². The van der Waals surface area contributed by atoms with Gasteiger partial charge in [0.2, 0.25) is 5.91 Å². The molecule has 0 aromatic heterocycles. The number of rotatable bonds is 5. The standard InChI is InChI=1S/C15H27NO2/c17-12-15(8-4-5-9-15)11-16-14(18)10-13-6-2-1-3-7-13/h13,17H,1-12H2,(H,16,18). The van der Waals surface area contributed by atoms with Crippen molar-refractivity contribution in [2.45, 2.75) is 64.2 Å². The first-order valence-electron chi connectivity index (χ1n) is 7.62. The van der Waals surface area contributed by atoms with Crippen molar-refractivity contribution >= 4 is 5.91 Å². The molecule has 0 aromatic carbocycles. The highest BCUT2D eigenvalue weighted by molar-refractivity contribution is 5.76. The van der Waals surface area contributed by atoms with Gasteiger partial charge in [-0.05, 0) is 31.6 Å². The molecular formula is C15H27NO2. The van der Waals surface area contributed by atoms with Crippen molar-refractivity contribution in [1.29, 1.82) is 0 Å². The number of hydrogen-bond acceptors (Lipinski definition) is 2. The van der Waals surface area contributed by atoms with E-state index in [9.17, 15) is 9.90 Å². The topological polar surface area (TPSA) is 49.3 Å². The van der Waals surface area contributed by atoms with Crippen molar-refractivity contribution < 1.29 is 9.90 Å². The number of aliphatic hydroxyl groups is 1. The molecule has 3 heteroatoms. The van der Waals surface area contributed by atoms with E-state index in [4.69, 9.17) is 0 Å². The van der Waals surface area contributed by atoms with Crippen molar-refractivity contribution in [3.8, 4) is 0 Å². The Bertz CT molecular complexity index is 266. The molecule has 2 N–H and O–H groups in total. The van der Waals surface area contributed by atoms with Crippen molar-refractivity contribution in [3.05, 3.63) is 0 Å². The van der Waals surface area contributed by atoms with E-state index >= 15 is 0 Å². The Kier molecular flexibility index (Phi) is 5.04. The molecule has 0 atom stereocenters. The fraction of sp³-hybridized carbons (Fsp3) is 0.933. The lowest BCUT2D eigenvalue weighted by atomic mass is 9.85. The minimum Gasteiger partial charge on any atom is -0.396 e. The summed E-state index contributed by atoms with van der Waals surface area (Å²) in [7, 11) is 0. The van der Waals surface area contributed by atoms with E-state index in [-0.39, 0.29) is 17.9 Å². The van der Waals surface area contributed by atoms with Crippen molar-refractivity contribution in [1.82, 2.24) is 5.32 Å². The quantitative estimate of drug-likeness (QED) is 0.791. The molecule has 3 nitrogen and oxygen atoms in total. The van der Waals surface area contributed by atoms with Crippen LogP contribution in [0.5, 0.6) is 0 Å². The van der Waals surface area contributed by atoms with Gasteiger partial charge in [0, 0.05) is 18.4 Å². The highest BCUT2D eigenvalue weighted by Crippen LogP contribution is 2.37. The SMILES string of the molecule is O=C(CC1CCCCC1)NCC1(CO)CCCC1. The third-order valence-corrected chi connectivity index (χ3v) is 4.86. The zero-order valence-corrected chi connectivity index (χ0v) is 11.4. The Morgan fingerprint density at radius 3 is 2.39 bits per heavy atom. The Labute approximate surface area is 110 Å². The van der Waals surface area contributed by atoms with Gasteiger partial charge < -0.3 is 10.4 Å². The normalized spacial score (nSPS) is 24.1. The molecule has 0 aliphatic heterocycles. The molecule has 0 bridgehead atoms. The van der Waals surface area contributed by atoms with Crippen LogP contribution in [0.4, 0.5) is 0 Å². The van der Waals surface area contributed by atoms with Crippen LogP contribution in [0.3, 0.4) is 0 Å². The van der Waals surface area contributed by atoms with Gasteiger partial charge in [0.1, 0.15) is 0 Å². The second-order valence-electron chi connectivity index (χ2n) is 6.35. The van der Waals surface area contributed by atoms with Crippen molar-refractivity contribution in [2.24, 2.45) is 11.3 Å². The smallest absolute Gasteiger partial charge is 0.220 e. The van der Waals surface area contributed by atoms with E-state index < -0.39 is 0 Å². The number of aliphatic hydroxyl groups excluding tert-OH is 1.